The van der Waals surface area contributed by atoms with Crippen molar-refractivity contribution < 1.29 is 38.4 Å². The van der Waals surface area contributed by atoms with Gasteiger partial charge in [0.15, 0.2) is 11.6 Å². The van der Waals surface area contributed by atoms with Crippen molar-refractivity contribution in [2.75, 3.05) is 20.6 Å². The molecular formula is C55H78Cl2N8O8. The number of aryl methyl sites for hydroxylation is 1. The van der Waals surface area contributed by atoms with Gasteiger partial charge in [0.25, 0.3) is 0 Å². The molecule has 1 heterocycles. The van der Waals surface area contributed by atoms with Gasteiger partial charge >= 0.3 is 0 Å². The lowest BCUT2D eigenvalue weighted by atomic mass is 9.85. The van der Waals surface area contributed by atoms with Crippen molar-refractivity contribution in [1.29, 1.82) is 0 Å². The zero-order valence-corrected chi connectivity index (χ0v) is 45.4. The fraction of sp³-hybridized carbons (Fsp3) is 0.527. The predicted octanol–water partition coefficient (Wildman–Crippen LogP) is 5.87. The van der Waals surface area contributed by atoms with Gasteiger partial charge in [0.1, 0.15) is 24.2 Å². The minimum atomic E-state index is -1.02. The summed E-state index contributed by atoms with van der Waals surface area (Å²) in [6, 6.07) is 18.4. The molecule has 7 N–H and O–H groups in total. The SMILES string of the molecule is CC[C@H](NC(=O)[C@H](C)NC)C(=O)N[C@@H](CCCC(=O)c1cccc(C(=O)C[C@H]2C[C@@H](C(=O)N[C@@H]3CCCc4ccccc43)N(C(=O)[C@@H](NC(=O)[C@H](C)NC)C(C)(C)C)C2)c1)C(=O)N[C@H](C)c1ccccc1.Cl.Cl. The first-order chi connectivity index (χ1) is 33.7. The number of Topliss-reactive ketones (excluding diaryl/α,β-unsaturated/α-hetero) is 2. The van der Waals surface area contributed by atoms with Crippen molar-refractivity contribution in [1.82, 2.24) is 42.1 Å². The number of hydrogen-bond acceptors (Lipinski definition) is 10. The molecule has 0 unspecified atom stereocenters. The Morgan fingerprint density at radius 1 is 0.699 bits per heavy atom. The third kappa shape index (κ3) is 16.9. The van der Waals surface area contributed by atoms with Crippen LogP contribution in [-0.4, -0.2) is 109 Å². The van der Waals surface area contributed by atoms with Crippen LogP contribution in [0.5, 0.6) is 0 Å². The van der Waals surface area contributed by atoms with Crippen LogP contribution in [-0.2, 0) is 35.2 Å². The Morgan fingerprint density at radius 3 is 1.92 bits per heavy atom. The van der Waals surface area contributed by atoms with E-state index in [1.807, 2.05) is 76.2 Å². The van der Waals surface area contributed by atoms with Crippen LogP contribution in [0.25, 0.3) is 0 Å². The summed E-state index contributed by atoms with van der Waals surface area (Å²) in [6.45, 7) is 12.7. The van der Waals surface area contributed by atoms with Gasteiger partial charge in [-0.15, -0.1) is 24.8 Å². The summed E-state index contributed by atoms with van der Waals surface area (Å²) >= 11 is 0. The molecule has 0 bridgehead atoms. The van der Waals surface area contributed by atoms with E-state index in [9.17, 15) is 38.4 Å². The Balaban J connectivity index is 0.00000703. The molecule has 16 nitrogen and oxygen atoms in total. The van der Waals surface area contributed by atoms with Gasteiger partial charge in [-0.1, -0.05) is 100 Å². The summed E-state index contributed by atoms with van der Waals surface area (Å²) in [6.07, 6.45) is 3.44. The summed E-state index contributed by atoms with van der Waals surface area (Å²) < 4.78 is 0. The number of nitrogens with one attached hydrogen (secondary N) is 7. The molecule has 9 atom stereocenters. The van der Waals surface area contributed by atoms with Crippen LogP contribution >= 0.6 is 24.8 Å². The van der Waals surface area contributed by atoms with Gasteiger partial charge in [-0.05, 0) is 114 Å². The van der Waals surface area contributed by atoms with E-state index in [4.69, 9.17) is 0 Å². The van der Waals surface area contributed by atoms with E-state index in [0.29, 0.717) is 11.1 Å². The Morgan fingerprint density at radius 2 is 1.29 bits per heavy atom. The monoisotopic (exact) mass is 1050 g/mol. The number of fused-ring (bicyclic) bond motifs is 1. The second-order valence-corrected chi connectivity index (χ2v) is 20.3. The van der Waals surface area contributed by atoms with E-state index in [2.05, 4.69) is 43.3 Å². The van der Waals surface area contributed by atoms with Crippen molar-refractivity contribution in [2.24, 2.45) is 11.3 Å². The predicted molar refractivity (Wildman–Crippen MR) is 288 cm³/mol. The number of likely N-dealkylation sites (N-methyl/N-ethyl adjacent to an activating group) is 2. The van der Waals surface area contributed by atoms with E-state index in [0.717, 1.165) is 30.4 Å². The largest absolute Gasteiger partial charge is 0.348 e. The van der Waals surface area contributed by atoms with Gasteiger partial charge in [-0.3, -0.25) is 38.4 Å². The quantitative estimate of drug-likeness (QED) is 0.0560. The number of halogens is 2. The molecule has 0 radical (unpaired) electrons. The van der Waals surface area contributed by atoms with Crippen LogP contribution in [0, 0.1) is 11.3 Å². The molecule has 5 rings (SSSR count). The van der Waals surface area contributed by atoms with E-state index < -0.39 is 65.3 Å². The molecule has 6 amide bonds. The maximum Gasteiger partial charge on any atom is 0.246 e. The minimum Gasteiger partial charge on any atom is -0.348 e. The lowest BCUT2D eigenvalue weighted by molar-refractivity contribution is -0.144. The van der Waals surface area contributed by atoms with Gasteiger partial charge in [-0.25, -0.2) is 0 Å². The van der Waals surface area contributed by atoms with E-state index >= 15 is 0 Å². The lowest BCUT2D eigenvalue weighted by Crippen LogP contribution is -2.59. The number of carbonyl (C=O) groups is 8. The van der Waals surface area contributed by atoms with E-state index in [-0.39, 0.29) is 111 Å². The average Bonchev–Trinajstić information content (AvgIpc) is 3.79. The zero-order valence-electron chi connectivity index (χ0n) is 43.8. The lowest BCUT2D eigenvalue weighted by Gasteiger charge is -2.36. The average molecular weight is 1050 g/mol. The van der Waals surface area contributed by atoms with Crippen molar-refractivity contribution in [3.8, 4) is 0 Å². The summed E-state index contributed by atoms with van der Waals surface area (Å²) in [7, 11) is 3.30. The van der Waals surface area contributed by atoms with E-state index in [1.54, 1.807) is 59.1 Å². The van der Waals surface area contributed by atoms with Gasteiger partial charge in [0, 0.05) is 30.5 Å². The molecule has 0 aromatic heterocycles. The van der Waals surface area contributed by atoms with Crippen LogP contribution in [0.3, 0.4) is 0 Å². The number of rotatable bonds is 23. The van der Waals surface area contributed by atoms with Gasteiger partial charge < -0.3 is 42.1 Å². The first-order valence-electron chi connectivity index (χ1n) is 25.2. The Kier molecular flexibility index (Phi) is 24.2. The fourth-order valence-corrected chi connectivity index (χ4v) is 9.27. The van der Waals surface area contributed by atoms with Crippen LogP contribution in [0.2, 0.25) is 0 Å². The third-order valence-electron chi connectivity index (χ3n) is 13.9. The van der Waals surface area contributed by atoms with Crippen LogP contribution in [0.4, 0.5) is 0 Å². The van der Waals surface area contributed by atoms with Gasteiger partial charge in [0.2, 0.25) is 35.4 Å². The summed E-state index contributed by atoms with van der Waals surface area (Å²) in [5.41, 5.74) is 3.00. The molecule has 1 aliphatic carbocycles. The van der Waals surface area contributed by atoms with Crippen molar-refractivity contribution in [3.05, 3.63) is 107 Å². The zero-order chi connectivity index (χ0) is 52.0. The summed E-state index contributed by atoms with van der Waals surface area (Å²) in [4.78, 5) is 111. The Labute approximate surface area is 443 Å². The minimum absolute atomic E-state index is 0. The molecule has 3 aromatic carbocycles. The molecule has 1 saturated heterocycles. The second-order valence-electron chi connectivity index (χ2n) is 20.3. The third-order valence-corrected chi connectivity index (χ3v) is 13.9. The summed E-state index contributed by atoms with van der Waals surface area (Å²) in [5.74, 6) is -3.30. The standard InChI is InChI=1S/C55H76N8O8.2ClH/c1-10-42(59-49(66)34(3)56-8)51(68)61-44(52(69)58-33(2)37-19-12-11-13-20-37)27-18-28-46(64)39-23-16-24-40(31-39)47(65)30-36-29-45(53(70)60-43-26-17-22-38-21-14-15-25-41(38)43)63(32-36)54(71)48(55(5,6)7)62-50(67)35(4)57-9;;/h11-16,19-21,23-25,31,33-36,42-45,48,56-57H,10,17-18,22,26-30,32H2,1-9H3,(H,58,69)(H,59,66)(H,60,70)(H,61,68)(H,62,67);2*1H/t33-,34+,35+,36-,42+,43-,44+,45+,48-;;/m1../s1. The smallest absolute Gasteiger partial charge is 0.246 e. The Hall–Kier alpha value is -5.68. The maximum atomic E-state index is 14.6. The molecule has 0 spiro atoms. The van der Waals surface area contributed by atoms with Crippen LogP contribution in [0.15, 0.2) is 78.9 Å². The normalized spacial score (nSPS) is 18.6. The molecule has 1 fully saturated rings. The maximum absolute atomic E-state index is 14.6. The second kappa shape index (κ2) is 28.7. The number of likely N-dealkylation sites (tertiary alicyclic amines) is 1. The highest BCUT2D eigenvalue weighted by molar-refractivity contribution is 6.02. The highest BCUT2D eigenvalue weighted by Gasteiger charge is 2.46. The van der Waals surface area contributed by atoms with Crippen LogP contribution in [0.1, 0.15) is 149 Å². The molecule has 400 valence electrons. The highest BCUT2D eigenvalue weighted by Crippen LogP contribution is 2.34. The molecule has 2 aliphatic rings. The first kappa shape index (κ1) is 61.6. The van der Waals surface area contributed by atoms with Gasteiger partial charge in [-0.2, -0.15) is 0 Å². The fourth-order valence-electron chi connectivity index (χ4n) is 9.27. The van der Waals surface area contributed by atoms with Crippen molar-refractivity contribution in [2.45, 2.75) is 155 Å². The number of ketones is 2. The number of carbonyl (C=O) groups excluding carboxylic acids is 8. The number of amides is 6. The molecule has 0 saturated carbocycles. The number of hydrogen-bond donors (Lipinski definition) is 7. The van der Waals surface area contributed by atoms with Crippen molar-refractivity contribution in [3.63, 3.8) is 0 Å². The van der Waals surface area contributed by atoms with E-state index in [1.165, 1.54) is 10.5 Å². The molecule has 3 aromatic rings. The summed E-state index contributed by atoms with van der Waals surface area (Å²) in [5, 5.41) is 20.5. The molecule has 1 aliphatic heterocycles. The van der Waals surface area contributed by atoms with Gasteiger partial charge in [0.05, 0.1) is 24.2 Å². The molecule has 73 heavy (non-hydrogen) atoms. The topological polar surface area (TPSA) is 224 Å². The van der Waals surface area contributed by atoms with Crippen molar-refractivity contribution >= 4 is 71.8 Å². The van der Waals surface area contributed by atoms with Crippen LogP contribution < -0.4 is 37.2 Å². The Bertz CT molecular complexity index is 2380. The molecule has 18 heteroatoms. The molecular weight excluding hydrogens is 972 g/mol. The number of nitrogens with zero attached hydrogens (tertiary/aromatic N) is 1. The first-order valence-corrected chi connectivity index (χ1v) is 25.2. The highest BCUT2D eigenvalue weighted by atomic mass is 35.5. The number of benzene rings is 3.